The number of ether oxygens (including phenoxy) is 4. The molecule has 0 radical (unpaired) electrons. The zero-order chi connectivity index (χ0) is 13.9. The van der Waals surface area contributed by atoms with Crippen molar-refractivity contribution in [3.05, 3.63) is 23.8 Å². The molecule has 4 nitrogen and oxygen atoms in total. The first-order valence-corrected chi connectivity index (χ1v) is 7.48. The summed E-state index contributed by atoms with van der Waals surface area (Å²) >= 11 is 0. The molecular weight excluding hydrogens is 256 g/mol. The Morgan fingerprint density at radius 3 is 2.80 bits per heavy atom. The quantitative estimate of drug-likeness (QED) is 0.842. The molecule has 0 spiro atoms. The van der Waals surface area contributed by atoms with Crippen molar-refractivity contribution in [3.8, 4) is 11.5 Å². The molecule has 1 saturated heterocycles. The van der Waals surface area contributed by atoms with E-state index in [-0.39, 0.29) is 12.4 Å². The van der Waals surface area contributed by atoms with Crippen LogP contribution in [0.5, 0.6) is 11.5 Å². The summed E-state index contributed by atoms with van der Waals surface area (Å²) in [4.78, 5) is 0. The maximum absolute atomic E-state index is 6.16. The van der Waals surface area contributed by atoms with E-state index in [1.54, 1.807) is 0 Å². The summed E-state index contributed by atoms with van der Waals surface area (Å²) < 4.78 is 22.8. The molecule has 1 aromatic rings. The molecule has 110 valence electrons. The fraction of sp³-hybridized carbons (Fsp3) is 0.625. The third-order valence-electron chi connectivity index (χ3n) is 4.05. The Morgan fingerprint density at radius 2 is 2.00 bits per heavy atom. The van der Waals surface area contributed by atoms with Gasteiger partial charge < -0.3 is 18.9 Å². The molecule has 0 bridgehead atoms. The summed E-state index contributed by atoms with van der Waals surface area (Å²) in [5.74, 6) is 2.07. The van der Waals surface area contributed by atoms with Gasteiger partial charge in [0.05, 0.1) is 12.7 Å². The standard InChI is InChI=1S/C16H22O4/c1-3-5-13-11(4-2)9-17-16(20-13)12-6-7-14-15(8-12)19-10-18-14/h6-8,11,13,16H,3-5,9-10H2,1-2H3/t11-,13+,16-/m0/s1. The zero-order valence-corrected chi connectivity index (χ0v) is 12.1. The van der Waals surface area contributed by atoms with Crippen molar-refractivity contribution in [1.82, 2.24) is 0 Å². The third kappa shape index (κ3) is 2.63. The highest BCUT2D eigenvalue weighted by molar-refractivity contribution is 5.44. The first-order chi connectivity index (χ1) is 9.81. The molecule has 20 heavy (non-hydrogen) atoms. The van der Waals surface area contributed by atoms with E-state index >= 15 is 0 Å². The number of hydrogen-bond acceptors (Lipinski definition) is 4. The zero-order valence-electron chi connectivity index (χ0n) is 12.1. The van der Waals surface area contributed by atoms with E-state index in [4.69, 9.17) is 18.9 Å². The molecule has 1 fully saturated rings. The Morgan fingerprint density at radius 1 is 1.15 bits per heavy atom. The van der Waals surface area contributed by atoms with Crippen LogP contribution in [-0.2, 0) is 9.47 Å². The predicted octanol–water partition coefficient (Wildman–Crippen LogP) is 3.66. The molecule has 0 aliphatic carbocycles. The average Bonchev–Trinajstić information content (AvgIpc) is 2.95. The maximum atomic E-state index is 6.16. The predicted molar refractivity (Wildman–Crippen MR) is 74.8 cm³/mol. The largest absolute Gasteiger partial charge is 0.454 e. The van der Waals surface area contributed by atoms with Gasteiger partial charge in [-0.05, 0) is 31.0 Å². The summed E-state index contributed by atoms with van der Waals surface area (Å²) in [6, 6.07) is 5.88. The van der Waals surface area contributed by atoms with Gasteiger partial charge in [-0.3, -0.25) is 0 Å². The fourth-order valence-electron chi connectivity index (χ4n) is 2.83. The van der Waals surface area contributed by atoms with Crippen LogP contribution in [0, 0.1) is 5.92 Å². The van der Waals surface area contributed by atoms with E-state index in [2.05, 4.69) is 13.8 Å². The van der Waals surface area contributed by atoms with Crippen molar-refractivity contribution < 1.29 is 18.9 Å². The molecule has 0 unspecified atom stereocenters. The van der Waals surface area contributed by atoms with E-state index in [1.807, 2.05) is 18.2 Å². The van der Waals surface area contributed by atoms with Crippen LogP contribution in [0.3, 0.4) is 0 Å². The third-order valence-corrected chi connectivity index (χ3v) is 4.05. The number of fused-ring (bicyclic) bond motifs is 1. The van der Waals surface area contributed by atoms with E-state index in [0.717, 1.165) is 42.9 Å². The lowest BCUT2D eigenvalue weighted by Gasteiger charge is -2.36. The lowest BCUT2D eigenvalue weighted by molar-refractivity contribution is -0.243. The van der Waals surface area contributed by atoms with Gasteiger partial charge in [0, 0.05) is 11.5 Å². The summed E-state index contributed by atoms with van der Waals surface area (Å²) in [7, 11) is 0. The van der Waals surface area contributed by atoms with Gasteiger partial charge in [0.2, 0.25) is 6.79 Å². The highest BCUT2D eigenvalue weighted by atomic mass is 16.7. The molecule has 2 aliphatic rings. The van der Waals surface area contributed by atoms with Gasteiger partial charge in [0.1, 0.15) is 0 Å². The van der Waals surface area contributed by atoms with E-state index in [1.165, 1.54) is 0 Å². The maximum Gasteiger partial charge on any atom is 0.231 e. The van der Waals surface area contributed by atoms with Crippen LogP contribution < -0.4 is 9.47 Å². The summed E-state index contributed by atoms with van der Waals surface area (Å²) in [6.07, 6.45) is 3.31. The number of benzene rings is 1. The van der Waals surface area contributed by atoms with Gasteiger partial charge in [0.25, 0.3) is 0 Å². The summed E-state index contributed by atoms with van der Waals surface area (Å²) in [5, 5.41) is 0. The van der Waals surface area contributed by atoms with Gasteiger partial charge in [-0.1, -0.05) is 20.3 Å². The van der Waals surface area contributed by atoms with Crippen molar-refractivity contribution in [1.29, 1.82) is 0 Å². The van der Waals surface area contributed by atoms with Crippen LogP contribution in [0.15, 0.2) is 18.2 Å². The summed E-state index contributed by atoms with van der Waals surface area (Å²) in [6.45, 7) is 5.45. The van der Waals surface area contributed by atoms with Crippen molar-refractivity contribution >= 4 is 0 Å². The smallest absolute Gasteiger partial charge is 0.231 e. The van der Waals surface area contributed by atoms with Crippen molar-refractivity contribution in [2.24, 2.45) is 5.92 Å². The van der Waals surface area contributed by atoms with Crippen LogP contribution in [0.1, 0.15) is 45.0 Å². The lowest BCUT2D eigenvalue weighted by Crippen LogP contribution is -2.35. The lowest BCUT2D eigenvalue weighted by atomic mass is 9.95. The molecule has 3 rings (SSSR count). The highest BCUT2D eigenvalue weighted by Crippen LogP contribution is 2.38. The van der Waals surface area contributed by atoms with Crippen molar-refractivity contribution in [2.75, 3.05) is 13.4 Å². The van der Waals surface area contributed by atoms with E-state index in [9.17, 15) is 0 Å². The minimum Gasteiger partial charge on any atom is -0.454 e. The molecule has 0 N–H and O–H groups in total. The Balaban J connectivity index is 1.74. The van der Waals surface area contributed by atoms with Crippen LogP contribution >= 0.6 is 0 Å². The van der Waals surface area contributed by atoms with E-state index < -0.39 is 0 Å². The average molecular weight is 278 g/mol. The first-order valence-electron chi connectivity index (χ1n) is 7.48. The normalized spacial score (nSPS) is 28.6. The molecule has 2 aliphatic heterocycles. The Kier molecular flexibility index (Phi) is 4.13. The van der Waals surface area contributed by atoms with Crippen LogP contribution in [0.25, 0.3) is 0 Å². The van der Waals surface area contributed by atoms with Crippen LogP contribution in [0.4, 0.5) is 0 Å². The number of rotatable bonds is 4. The first kappa shape index (κ1) is 13.7. The minimum absolute atomic E-state index is 0.286. The molecule has 1 aromatic carbocycles. The van der Waals surface area contributed by atoms with Gasteiger partial charge in [-0.2, -0.15) is 0 Å². The molecule has 3 atom stereocenters. The van der Waals surface area contributed by atoms with Crippen LogP contribution in [-0.4, -0.2) is 19.5 Å². The van der Waals surface area contributed by atoms with Crippen molar-refractivity contribution in [3.63, 3.8) is 0 Å². The second-order valence-corrected chi connectivity index (χ2v) is 5.41. The van der Waals surface area contributed by atoms with Gasteiger partial charge in [-0.25, -0.2) is 0 Å². The highest BCUT2D eigenvalue weighted by Gasteiger charge is 2.31. The Bertz CT molecular complexity index is 460. The van der Waals surface area contributed by atoms with Gasteiger partial charge >= 0.3 is 0 Å². The molecule has 4 heteroatoms. The molecule has 0 saturated carbocycles. The summed E-state index contributed by atoms with van der Waals surface area (Å²) in [5.41, 5.74) is 1.00. The Labute approximate surface area is 120 Å². The fourth-order valence-corrected chi connectivity index (χ4v) is 2.83. The minimum atomic E-state index is -0.288. The molecule has 0 amide bonds. The van der Waals surface area contributed by atoms with Crippen molar-refractivity contribution in [2.45, 2.75) is 45.5 Å². The van der Waals surface area contributed by atoms with E-state index in [0.29, 0.717) is 12.7 Å². The number of hydrogen-bond donors (Lipinski definition) is 0. The van der Waals surface area contributed by atoms with Gasteiger partial charge in [-0.15, -0.1) is 0 Å². The van der Waals surface area contributed by atoms with Gasteiger partial charge in [0.15, 0.2) is 17.8 Å². The second kappa shape index (κ2) is 6.02. The Hall–Kier alpha value is -1.26. The molecule has 2 heterocycles. The second-order valence-electron chi connectivity index (χ2n) is 5.41. The SMILES string of the molecule is CCC[C@H]1O[C@@H](c2ccc3c(c2)OCO3)OC[C@@H]1CC. The topological polar surface area (TPSA) is 36.9 Å². The monoisotopic (exact) mass is 278 g/mol. The van der Waals surface area contributed by atoms with Crippen LogP contribution in [0.2, 0.25) is 0 Å². The molecule has 0 aromatic heterocycles. The molecular formula is C16H22O4.